The Balaban J connectivity index is 1.19. The quantitative estimate of drug-likeness (QED) is 0.205. The zero-order chi connectivity index (χ0) is 29.2. The molecule has 0 amide bonds. The predicted molar refractivity (Wildman–Crippen MR) is 167 cm³/mol. The van der Waals surface area contributed by atoms with Gasteiger partial charge in [-0.15, -0.1) is 0 Å². The second kappa shape index (κ2) is 9.49. The highest BCUT2D eigenvalue weighted by atomic mass is 16.3. The minimum absolute atomic E-state index is 0.00124. The molecule has 0 unspecified atom stereocenters. The van der Waals surface area contributed by atoms with Crippen LogP contribution in [0.25, 0.3) is 27.3 Å². The van der Waals surface area contributed by atoms with Crippen LogP contribution in [0.3, 0.4) is 0 Å². The van der Waals surface area contributed by atoms with E-state index in [1.807, 2.05) is 78.9 Å². The van der Waals surface area contributed by atoms with E-state index in [2.05, 4.69) is 13.8 Å². The number of aliphatic hydroxyl groups is 1. The van der Waals surface area contributed by atoms with E-state index in [4.69, 9.17) is 0 Å². The number of aliphatic hydroxyl groups excluding tert-OH is 1. The number of rotatable bonds is 3. The van der Waals surface area contributed by atoms with Gasteiger partial charge in [-0.1, -0.05) is 80.6 Å². The maximum absolute atomic E-state index is 13.2. The molecule has 42 heavy (non-hydrogen) atoms. The average Bonchev–Trinajstić information content (AvgIpc) is 3.34. The van der Waals surface area contributed by atoms with Gasteiger partial charge in [0.25, 0.3) is 0 Å². The highest BCUT2D eigenvalue weighted by molar-refractivity contribution is 6.40. The van der Waals surface area contributed by atoms with Crippen LogP contribution in [0.2, 0.25) is 0 Å². The van der Waals surface area contributed by atoms with Crippen molar-refractivity contribution in [1.82, 2.24) is 0 Å². The van der Waals surface area contributed by atoms with Crippen LogP contribution >= 0.6 is 0 Å². The molecule has 4 heteroatoms. The van der Waals surface area contributed by atoms with Crippen LogP contribution in [-0.4, -0.2) is 22.5 Å². The van der Waals surface area contributed by atoms with Gasteiger partial charge < -0.3 is 5.11 Å². The zero-order valence-corrected chi connectivity index (χ0v) is 23.4. The topological polar surface area (TPSA) is 71.4 Å². The van der Waals surface area contributed by atoms with Gasteiger partial charge >= 0.3 is 0 Å². The van der Waals surface area contributed by atoms with Gasteiger partial charge in [-0.05, 0) is 87.4 Å². The Morgan fingerprint density at radius 2 is 1.14 bits per heavy atom. The third-order valence-corrected chi connectivity index (χ3v) is 8.41. The summed E-state index contributed by atoms with van der Waals surface area (Å²) in [7, 11) is 0. The number of hydrogen-bond donors (Lipinski definition) is 1. The first-order valence-corrected chi connectivity index (χ1v) is 14.1. The Labute approximate surface area is 243 Å². The molecule has 0 aromatic heterocycles. The van der Waals surface area contributed by atoms with Crippen LogP contribution in [0, 0.1) is 5.41 Å². The van der Waals surface area contributed by atoms with E-state index in [1.54, 1.807) is 24.3 Å². The first-order chi connectivity index (χ1) is 20.2. The Morgan fingerprint density at radius 1 is 0.643 bits per heavy atom. The van der Waals surface area contributed by atoms with Gasteiger partial charge in [-0.25, -0.2) is 0 Å². The molecule has 1 N–H and O–H groups in total. The molecule has 0 bridgehead atoms. The van der Waals surface area contributed by atoms with E-state index in [-0.39, 0.29) is 39.7 Å². The lowest BCUT2D eigenvalue weighted by Crippen LogP contribution is -2.16. The first kappa shape index (κ1) is 25.8. The van der Waals surface area contributed by atoms with Crippen molar-refractivity contribution in [3.8, 4) is 0 Å². The van der Waals surface area contributed by atoms with Crippen molar-refractivity contribution >= 4 is 44.7 Å². The van der Waals surface area contributed by atoms with Crippen molar-refractivity contribution in [3.05, 3.63) is 148 Å². The average molecular weight is 549 g/mol. The summed E-state index contributed by atoms with van der Waals surface area (Å²) in [6.45, 7) is 4.34. The van der Waals surface area contributed by atoms with Crippen molar-refractivity contribution in [2.45, 2.75) is 26.7 Å². The fourth-order valence-electron chi connectivity index (χ4n) is 6.44. The standard InChI is InChI=1S/C38H28O4/c1-38(2)20-22(11-13-28-34(39)30-16-24-7-3-4-8-25(24)17-31(30)35(28)40)15-23(21-38)12-14-29-36(41)32-18-26-9-5-6-10-27(26)19-33(32)37(29)42/h3-19,39H,20-21H2,1-2H3/b13-11+,23-12-. The number of fused-ring (bicyclic) bond motifs is 4. The molecule has 0 saturated heterocycles. The van der Waals surface area contributed by atoms with Crippen molar-refractivity contribution in [2.75, 3.05) is 0 Å². The molecular formula is C38H28O4. The summed E-state index contributed by atoms with van der Waals surface area (Å²) < 4.78 is 0. The number of carbonyl (C=O) groups excluding carboxylic acids is 3. The summed E-state index contributed by atoms with van der Waals surface area (Å²) in [5.41, 5.74) is 4.36. The second-order valence-electron chi connectivity index (χ2n) is 12.1. The Morgan fingerprint density at radius 3 is 1.69 bits per heavy atom. The van der Waals surface area contributed by atoms with E-state index < -0.39 is 0 Å². The molecule has 0 radical (unpaired) electrons. The number of allylic oxidation sites excluding steroid dienone is 9. The fourth-order valence-corrected chi connectivity index (χ4v) is 6.44. The van der Waals surface area contributed by atoms with Crippen LogP contribution in [0.4, 0.5) is 0 Å². The molecule has 3 aliphatic rings. The van der Waals surface area contributed by atoms with E-state index >= 15 is 0 Å². The second-order valence-corrected chi connectivity index (χ2v) is 12.1. The third-order valence-electron chi connectivity index (χ3n) is 8.41. The minimum Gasteiger partial charge on any atom is -0.507 e. The van der Waals surface area contributed by atoms with Gasteiger partial charge in [0, 0.05) is 22.3 Å². The van der Waals surface area contributed by atoms with Gasteiger partial charge in [0.15, 0.2) is 17.3 Å². The van der Waals surface area contributed by atoms with E-state index in [0.717, 1.165) is 45.5 Å². The molecule has 0 spiro atoms. The van der Waals surface area contributed by atoms with E-state index in [1.165, 1.54) is 0 Å². The predicted octanol–water partition coefficient (Wildman–Crippen LogP) is 8.69. The Hall–Kier alpha value is -5.09. The third kappa shape index (κ3) is 4.27. The monoisotopic (exact) mass is 548 g/mol. The zero-order valence-electron chi connectivity index (χ0n) is 23.4. The summed E-state index contributed by atoms with van der Waals surface area (Å²) in [5, 5.41) is 14.7. The number of Topliss-reactive ketones (excluding diaryl/α,β-unsaturated/α-hetero) is 3. The Bertz CT molecular complexity index is 2000. The first-order valence-electron chi connectivity index (χ1n) is 14.1. The maximum atomic E-state index is 13.2. The lowest BCUT2D eigenvalue weighted by atomic mass is 9.75. The van der Waals surface area contributed by atoms with Crippen molar-refractivity contribution in [3.63, 3.8) is 0 Å². The number of ketones is 3. The number of hydrogen-bond acceptors (Lipinski definition) is 4. The largest absolute Gasteiger partial charge is 0.507 e. The molecule has 0 aliphatic heterocycles. The van der Waals surface area contributed by atoms with Gasteiger partial charge in [0.1, 0.15) is 5.76 Å². The van der Waals surface area contributed by atoms with E-state index in [0.29, 0.717) is 22.3 Å². The van der Waals surface area contributed by atoms with Gasteiger partial charge in [-0.3, -0.25) is 14.4 Å². The minimum atomic E-state index is -0.244. The lowest BCUT2D eigenvalue weighted by molar-refractivity contribution is 0.0986. The maximum Gasteiger partial charge on any atom is 0.197 e. The molecule has 7 rings (SSSR count). The van der Waals surface area contributed by atoms with Crippen LogP contribution in [0.15, 0.2) is 125 Å². The molecule has 4 nitrogen and oxygen atoms in total. The number of carbonyl (C=O) groups is 3. The molecular weight excluding hydrogens is 520 g/mol. The van der Waals surface area contributed by atoms with Crippen LogP contribution in [-0.2, 0) is 0 Å². The smallest absolute Gasteiger partial charge is 0.197 e. The summed E-state index contributed by atoms with van der Waals surface area (Å²) in [6, 6.07) is 22.8. The summed E-state index contributed by atoms with van der Waals surface area (Å²) >= 11 is 0. The molecule has 204 valence electrons. The fraction of sp³-hybridized carbons (Fsp3) is 0.132. The van der Waals surface area contributed by atoms with Crippen LogP contribution < -0.4 is 0 Å². The van der Waals surface area contributed by atoms with Crippen LogP contribution in [0.1, 0.15) is 63.3 Å². The van der Waals surface area contributed by atoms with Crippen LogP contribution in [0.5, 0.6) is 0 Å². The summed E-state index contributed by atoms with van der Waals surface area (Å²) in [5.74, 6) is -0.679. The molecule has 0 saturated carbocycles. The molecule has 4 aromatic rings. The normalized spacial score (nSPS) is 18.9. The Kier molecular flexibility index (Phi) is 5.84. The van der Waals surface area contributed by atoms with Crippen molar-refractivity contribution in [1.29, 1.82) is 0 Å². The molecule has 0 heterocycles. The van der Waals surface area contributed by atoms with Gasteiger partial charge in [0.05, 0.1) is 11.1 Å². The van der Waals surface area contributed by atoms with E-state index in [9.17, 15) is 19.5 Å². The SMILES string of the molecule is CC1(C)CC(/C=C/C2=C(O)c3cc4ccccc4cc3C2=O)=CC(=C/C=C2C(=O)c3cc4ccccc4cc3C2=O)/C1. The van der Waals surface area contributed by atoms with Crippen molar-refractivity contribution in [2.24, 2.45) is 5.41 Å². The van der Waals surface area contributed by atoms with Gasteiger partial charge in [0.2, 0.25) is 0 Å². The number of benzene rings is 4. The molecule has 3 aliphatic carbocycles. The summed E-state index contributed by atoms with van der Waals surface area (Å²) in [6.07, 6.45) is 10.7. The molecule has 0 atom stereocenters. The summed E-state index contributed by atoms with van der Waals surface area (Å²) in [4.78, 5) is 39.6. The highest BCUT2D eigenvalue weighted by Crippen LogP contribution is 2.40. The van der Waals surface area contributed by atoms with Crippen molar-refractivity contribution < 1.29 is 19.5 Å². The lowest BCUT2D eigenvalue weighted by Gasteiger charge is -2.30. The molecule has 0 fully saturated rings. The highest BCUT2D eigenvalue weighted by Gasteiger charge is 2.33. The molecule has 4 aromatic carbocycles. The van der Waals surface area contributed by atoms with Gasteiger partial charge in [-0.2, -0.15) is 0 Å².